The Balaban J connectivity index is 2.24. The smallest absolute Gasteiger partial charge is 0.323 e. The lowest BCUT2D eigenvalue weighted by Gasteiger charge is -2.27. The zero-order chi connectivity index (χ0) is 17.5. The molecule has 23 heavy (non-hydrogen) atoms. The van der Waals surface area contributed by atoms with E-state index in [0.717, 1.165) is 5.69 Å². The molecule has 0 aromatic carbocycles. The van der Waals surface area contributed by atoms with Crippen LogP contribution in [0.25, 0.3) is 0 Å². The van der Waals surface area contributed by atoms with Gasteiger partial charge in [-0.3, -0.25) is 4.79 Å². The van der Waals surface area contributed by atoms with Crippen molar-refractivity contribution in [2.24, 2.45) is 5.73 Å². The van der Waals surface area contributed by atoms with E-state index in [1.165, 1.54) is 0 Å². The number of nitrogens with one attached hydrogen (secondary N) is 1. The normalized spacial score (nSPS) is 13.8. The number of carbonyl (C=O) groups is 1. The summed E-state index contributed by atoms with van der Waals surface area (Å²) in [5.74, 6) is -0.438. The maximum Gasteiger partial charge on any atom is 0.323 e. The van der Waals surface area contributed by atoms with Crippen LogP contribution in [0.3, 0.4) is 0 Å². The number of nitrogens with zero attached hydrogens (tertiary/aromatic N) is 1. The Kier molecular flexibility index (Phi) is 7.18. The summed E-state index contributed by atoms with van der Waals surface area (Å²) < 4.78 is 10.9. The Bertz CT molecular complexity index is 466. The van der Waals surface area contributed by atoms with Crippen LogP contribution < -0.4 is 5.73 Å². The lowest BCUT2D eigenvalue weighted by atomic mass is 10.0. The number of imidazole rings is 1. The summed E-state index contributed by atoms with van der Waals surface area (Å²) in [6.07, 6.45) is 4.64. The van der Waals surface area contributed by atoms with E-state index in [2.05, 4.69) is 9.97 Å². The van der Waals surface area contributed by atoms with Gasteiger partial charge in [0.05, 0.1) is 30.7 Å². The van der Waals surface area contributed by atoms with Gasteiger partial charge in [0.1, 0.15) is 6.04 Å². The van der Waals surface area contributed by atoms with Crippen molar-refractivity contribution in [3.63, 3.8) is 0 Å². The van der Waals surface area contributed by atoms with E-state index < -0.39 is 23.2 Å². The molecule has 1 unspecified atom stereocenters. The molecule has 132 valence electrons. The maximum absolute atomic E-state index is 11.8. The minimum Gasteiger partial charge on any atom is -0.464 e. The number of rotatable bonds is 10. The predicted octanol–water partition coefficient (Wildman–Crippen LogP) is 1.17. The van der Waals surface area contributed by atoms with Gasteiger partial charge in [0.15, 0.2) is 0 Å². The van der Waals surface area contributed by atoms with Crippen LogP contribution in [0.1, 0.15) is 46.2 Å². The standard InChI is InChI=1S/C16H29N3O4/c1-15(2,21)5-8-23-16(3,4)6-7-22-14(20)13(17)9-12-10-18-11-19-12/h10-11,13,21H,5-9,17H2,1-4H3,(H,18,19). The Labute approximate surface area is 137 Å². The van der Waals surface area contributed by atoms with E-state index in [4.69, 9.17) is 15.2 Å². The zero-order valence-corrected chi connectivity index (χ0v) is 14.5. The highest BCUT2D eigenvalue weighted by molar-refractivity contribution is 5.75. The van der Waals surface area contributed by atoms with E-state index in [1.54, 1.807) is 26.4 Å². The third-order valence-electron chi connectivity index (χ3n) is 3.45. The van der Waals surface area contributed by atoms with Crippen LogP contribution in [0.2, 0.25) is 0 Å². The van der Waals surface area contributed by atoms with E-state index in [-0.39, 0.29) is 6.61 Å². The lowest BCUT2D eigenvalue weighted by Crippen LogP contribution is -2.36. The van der Waals surface area contributed by atoms with E-state index in [1.807, 2.05) is 13.8 Å². The van der Waals surface area contributed by atoms with Gasteiger partial charge in [-0.25, -0.2) is 4.98 Å². The van der Waals surface area contributed by atoms with Crippen molar-refractivity contribution >= 4 is 5.97 Å². The average Bonchev–Trinajstić information content (AvgIpc) is 2.89. The summed E-state index contributed by atoms with van der Waals surface area (Å²) in [5.41, 5.74) is 5.42. The van der Waals surface area contributed by atoms with Crippen LogP contribution in [0.5, 0.6) is 0 Å². The third-order valence-corrected chi connectivity index (χ3v) is 3.45. The summed E-state index contributed by atoms with van der Waals surface area (Å²) >= 11 is 0. The molecule has 0 aliphatic heterocycles. The maximum atomic E-state index is 11.8. The van der Waals surface area contributed by atoms with Gasteiger partial charge in [0.25, 0.3) is 0 Å². The number of H-pyrrole nitrogens is 1. The van der Waals surface area contributed by atoms with Gasteiger partial charge in [-0.1, -0.05) is 0 Å². The van der Waals surface area contributed by atoms with Gasteiger partial charge in [0, 0.05) is 24.7 Å². The molecule has 1 atom stereocenters. The quantitative estimate of drug-likeness (QED) is 0.556. The number of aromatic amines is 1. The van der Waals surface area contributed by atoms with Gasteiger partial charge < -0.3 is 25.3 Å². The molecule has 7 heteroatoms. The summed E-state index contributed by atoms with van der Waals surface area (Å²) in [6, 6.07) is -0.713. The van der Waals surface area contributed by atoms with Gasteiger partial charge >= 0.3 is 5.97 Å². The fraction of sp³-hybridized carbons (Fsp3) is 0.750. The highest BCUT2D eigenvalue weighted by Crippen LogP contribution is 2.17. The second-order valence-corrected chi connectivity index (χ2v) is 6.98. The average molecular weight is 327 g/mol. The number of esters is 1. The molecule has 0 bridgehead atoms. The third kappa shape index (κ3) is 8.68. The van der Waals surface area contributed by atoms with Crippen molar-refractivity contribution in [2.45, 2.75) is 64.2 Å². The van der Waals surface area contributed by atoms with Gasteiger partial charge in [-0.15, -0.1) is 0 Å². The fourth-order valence-corrected chi connectivity index (χ4v) is 1.87. The molecule has 0 radical (unpaired) electrons. The number of nitrogens with two attached hydrogens (primary N) is 1. The SMILES string of the molecule is CC(C)(O)CCOC(C)(C)CCOC(=O)C(N)Cc1cnc[nH]1. The van der Waals surface area contributed by atoms with Crippen molar-refractivity contribution in [3.05, 3.63) is 18.2 Å². The molecule has 1 rings (SSSR count). The molecule has 0 amide bonds. The number of aliphatic hydroxyl groups is 1. The van der Waals surface area contributed by atoms with Gasteiger partial charge in [-0.05, 0) is 34.1 Å². The van der Waals surface area contributed by atoms with Gasteiger partial charge in [-0.2, -0.15) is 0 Å². The van der Waals surface area contributed by atoms with Crippen molar-refractivity contribution in [1.29, 1.82) is 0 Å². The molecule has 1 aromatic rings. The second-order valence-electron chi connectivity index (χ2n) is 6.98. The number of ether oxygens (including phenoxy) is 2. The molecule has 0 saturated heterocycles. The zero-order valence-electron chi connectivity index (χ0n) is 14.5. The lowest BCUT2D eigenvalue weighted by molar-refractivity contribution is -0.147. The Morgan fingerprint density at radius 1 is 1.35 bits per heavy atom. The van der Waals surface area contributed by atoms with Crippen LogP contribution in [0, 0.1) is 0 Å². The van der Waals surface area contributed by atoms with Crippen molar-refractivity contribution < 1.29 is 19.4 Å². The highest BCUT2D eigenvalue weighted by atomic mass is 16.5. The van der Waals surface area contributed by atoms with Crippen molar-refractivity contribution in [3.8, 4) is 0 Å². The number of hydrogen-bond acceptors (Lipinski definition) is 6. The van der Waals surface area contributed by atoms with Crippen LogP contribution in [0.4, 0.5) is 0 Å². The predicted molar refractivity (Wildman–Crippen MR) is 86.8 cm³/mol. The molecule has 0 spiro atoms. The Morgan fingerprint density at radius 2 is 2.04 bits per heavy atom. The largest absolute Gasteiger partial charge is 0.464 e. The first-order chi connectivity index (χ1) is 10.6. The minimum absolute atomic E-state index is 0.241. The number of aromatic nitrogens is 2. The van der Waals surface area contributed by atoms with E-state index in [0.29, 0.717) is 25.9 Å². The first-order valence-corrected chi connectivity index (χ1v) is 7.85. The van der Waals surface area contributed by atoms with E-state index in [9.17, 15) is 9.90 Å². The summed E-state index contributed by atoms with van der Waals surface area (Å²) in [7, 11) is 0. The molecule has 4 N–H and O–H groups in total. The molecule has 1 aromatic heterocycles. The first-order valence-electron chi connectivity index (χ1n) is 7.85. The Morgan fingerprint density at radius 3 is 2.61 bits per heavy atom. The van der Waals surface area contributed by atoms with Crippen molar-refractivity contribution in [2.75, 3.05) is 13.2 Å². The molecule has 0 aliphatic rings. The van der Waals surface area contributed by atoms with Crippen LogP contribution in [0.15, 0.2) is 12.5 Å². The molecular weight excluding hydrogens is 298 g/mol. The highest BCUT2D eigenvalue weighted by Gasteiger charge is 2.22. The Hall–Kier alpha value is -1.44. The summed E-state index contributed by atoms with van der Waals surface area (Å²) in [6.45, 7) is 8.03. The molecule has 0 aliphatic carbocycles. The minimum atomic E-state index is -0.748. The van der Waals surface area contributed by atoms with Crippen LogP contribution >= 0.6 is 0 Å². The summed E-state index contributed by atoms with van der Waals surface area (Å²) in [5, 5.41) is 9.66. The second kappa shape index (κ2) is 8.42. The monoisotopic (exact) mass is 327 g/mol. The molecule has 0 fully saturated rings. The molecule has 7 nitrogen and oxygen atoms in total. The number of hydrogen-bond donors (Lipinski definition) is 3. The van der Waals surface area contributed by atoms with Crippen LogP contribution in [-0.4, -0.2) is 51.5 Å². The first kappa shape index (κ1) is 19.6. The molecule has 0 saturated carbocycles. The van der Waals surface area contributed by atoms with Gasteiger partial charge in [0.2, 0.25) is 0 Å². The topological polar surface area (TPSA) is 110 Å². The fourth-order valence-electron chi connectivity index (χ4n) is 1.87. The van der Waals surface area contributed by atoms with Crippen molar-refractivity contribution in [1.82, 2.24) is 9.97 Å². The van der Waals surface area contributed by atoms with Crippen LogP contribution in [-0.2, 0) is 20.7 Å². The molecule has 1 heterocycles. The van der Waals surface area contributed by atoms with E-state index >= 15 is 0 Å². The summed E-state index contributed by atoms with van der Waals surface area (Å²) in [4.78, 5) is 18.6. The molecular formula is C16H29N3O4. The number of carbonyl (C=O) groups excluding carboxylic acids is 1.